The normalized spacial score (nSPS) is 25.1. The second-order valence-electron chi connectivity index (χ2n) is 6.47. The summed E-state index contributed by atoms with van der Waals surface area (Å²) in [5.41, 5.74) is -0.276. The van der Waals surface area contributed by atoms with Crippen molar-refractivity contribution in [1.29, 1.82) is 0 Å². The molecule has 3 rings (SSSR count). The molecule has 1 atom stereocenters. The van der Waals surface area contributed by atoms with Crippen LogP contribution in [-0.4, -0.2) is 67.3 Å². The number of hydrogen-bond acceptors (Lipinski definition) is 6. The molecule has 0 radical (unpaired) electrons. The number of piperidine rings is 1. The summed E-state index contributed by atoms with van der Waals surface area (Å²) in [5.74, 6) is 0.722. The molecule has 1 spiro atoms. The largest absolute Gasteiger partial charge is 0.383 e. The molecule has 0 aromatic carbocycles. The molecule has 7 nitrogen and oxygen atoms in total. The van der Waals surface area contributed by atoms with Crippen LogP contribution in [0.2, 0.25) is 0 Å². The van der Waals surface area contributed by atoms with Crippen molar-refractivity contribution in [1.82, 2.24) is 14.3 Å². The monoisotopic (exact) mass is 340 g/mol. The van der Waals surface area contributed by atoms with Gasteiger partial charge >= 0.3 is 0 Å². The molecule has 1 aromatic rings. The summed E-state index contributed by atoms with van der Waals surface area (Å²) in [4.78, 5) is 10.7. The molecule has 0 saturated carbocycles. The van der Waals surface area contributed by atoms with Crippen molar-refractivity contribution in [2.45, 2.75) is 37.3 Å². The zero-order valence-electron chi connectivity index (χ0n) is 13.7. The van der Waals surface area contributed by atoms with Gasteiger partial charge in [0, 0.05) is 44.2 Å². The highest BCUT2D eigenvalue weighted by Gasteiger charge is 2.52. The van der Waals surface area contributed by atoms with Gasteiger partial charge in [0.05, 0.1) is 12.9 Å². The molecule has 1 aromatic heterocycles. The molecule has 2 aliphatic heterocycles. The predicted octanol–water partition coefficient (Wildman–Crippen LogP) is 0.886. The van der Waals surface area contributed by atoms with Crippen molar-refractivity contribution in [2.75, 3.05) is 38.0 Å². The molecule has 23 heavy (non-hydrogen) atoms. The first-order valence-corrected chi connectivity index (χ1v) is 9.81. The van der Waals surface area contributed by atoms with Crippen LogP contribution in [0.5, 0.6) is 0 Å². The topological polar surface area (TPSA) is 75.6 Å². The summed E-state index contributed by atoms with van der Waals surface area (Å²) in [7, 11) is -1.63. The first kappa shape index (κ1) is 16.6. The van der Waals surface area contributed by atoms with Crippen molar-refractivity contribution in [3.05, 3.63) is 18.5 Å². The van der Waals surface area contributed by atoms with Crippen LogP contribution < -0.4 is 4.90 Å². The number of sulfonamides is 1. The van der Waals surface area contributed by atoms with Gasteiger partial charge in [0.1, 0.15) is 0 Å². The third-order valence-electron chi connectivity index (χ3n) is 4.99. The molecule has 3 heterocycles. The highest BCUT2D eigenvalue weighted by molar-refractivity contribution is 7.88. The average Bonchev–Trinajstić information content (AvgIpc) is 2.87. The molecule has 8 heteroatoms. The molecule has 0 N–H and O–H groups in total. The van der Waals surface area contributed by atoms with E-state index in [1.807, 2.05) is 0 Å². The van der Waals surface area contributed by atoms with E-state index in [2.05, 4.69) is 14.9 Å². The average molecular weight is 340 g/mol. The van der Waals surface area contributed by atoms with Gasteiger partial charge in [0.25, 0.3) is 0 Å². The number of ether oxygens (including phenoxy) is 1. The Morgan fingerprint density at radius 2 is 1.91 bits per heavy atom. The third-order valence-corrected chi connectivity index (χ3v) is 6.39. The van der Waals surface area contributed by atoms with Crippen molar-refractivity contribution in [2.24, 2.45) is 0 Å². The maximum atomic E-state index is 12.4. The van der Waals surface area contributed by atoms with Crippen LogP contribution in [0.15, 0.2) is 18.5 Å². The third kappa shape index (κ3) is 3.20. The second-order valence-corrected chi connectivity index (χ2v) is 8.33. The van der Waals surface area contributed by atoms with Gasteiger partial charge in [0.15, 0.2) is 0 Å². The Kier molecular flexibility index (Phi) is 4.57. The van der Waals surface area contributed by atoms with E-state index in [-0.39, 0.29) is 11.6 Å². The van der Waals surface area contributed by atoms with E-state index >= 15 is 0 Å². The number of hydrogen-bond donors (Lipinski definition) is 0. The molecule has 2 saturated heterocycles. The first-order valence-electron chi connectivity index (χ1n) is 7.97. The van der Waals surface area contributed by atoms with Gasteiger partial charge in [-0.3, -0.25) is 0 Å². The second kappa shape index (κ2) is 6.33. The van der Waals surface area contributed by atoms with Crippen molar-refractivity contribution in [3.63, 3.8) is 0 Å². The standard InChI is InChI=1S/C15H24N4O3S/c1-22-12-13-4-5-15(19(13)23(2,20)21)6-10-18(11-7-15)14-16-8-3-9-17-14/h3,8-9,13H,4-7,10-12H2,1-2H3. The van der Waals surface area contributed by atoms with Gasteiger partial charge in [-0.15, -0.1) is 0 Å². The SMILES string of the molecule is COCC1CCC2(CCN(c3ncccn3)CC2)N1S(C)(=O)=O. The lowest BCUT2D eigenvalue weighted by Gasteiger charge is -2.45. The maximum Gasteiger partial charge on any atom is 0.225 e. The van der Waals surface area contributed by atoms with Crippen LogP contribution in [-0.2, 0) is 14.8 Å². The lowest BCUT2D eigenvalue weighted by Crippen LogP contribution is -2.56. The summed E-state index contributed by atoms with van der Waals surface area (Å²) in [5, 5.41) is 0. The predicted molar refractivity (Wildman–Crippen MR) is 87.8 cm³/mol. The molecule has 0 amide bonds. The van der Waals surface area contributed by atoms with Crippen LogP contribution in [0.3, 0.4) is 0 Å². The molecule has 0 bridgehead atoms. The van der Waals surface area contributed by atoms with Crippen molar-refractivity contribution >= 4 is 16.0 Å². The van der Waals surface area contributed by atoms with E-state index in [0.717, 1.165) is 44.7 Å². The Morgan fingerprint density at radius 3 is 2.48 bits per heavy atom. The number of anilines is 1. The summed E-state index contributed by atoms with van der Waals surface area (Å²) in [6.45, 7) is 2.01. The zero-order chi connectivity index (χ0) is 16.5. The number of aromatic nitrogens is 2. The van der Waals surface area contributed by atoms with Gasteiger partial charge < -0.3 is 9.64 Å². The van der Waals surface area contributed by atoms with Crippen LogP contribution in [0, 0.1) is 0 Å². The highest BCUT2D eigenvalue weighted by Crippen LogP contribution is 2.43. The lowest BCUT2D eigenvalue weighted by molar-refractivity contribution is 0.104. The minimum absolute atomic E-state index is 0.0467. The minimum Gasteiger partial charge on any atom is -0.383 e. The first-order chi connectivity index (χ1) is 11.0. The Balaban J connectivity index is 1.78. The van der Waals surface area contributed by atoms with E-state index in [4.69, 9.17) is 4.74 Å². The van der Waals surface area contributed by atoms with Crippen molar-refractivity contribution < 1.29 is 13.2 Å². The fourth-order valence-electron chi connectivity index (χ4n) is 4.06. The van der Waals surface area contributed by atoms with Gasteiger partial charge in [0.2, 0.25) is 16.0 Å². The van der Waals surface area contributed by atoms with Crippen LogP contribution >= 0.6 is 0 Å². The van der Waals surface area contributed by atoms with Crippen LogP contribution in [0.25, 0.3) is 0 Å². The number of nitrogens with zero attached hydrogens (tertiary/aromatic N) is 4. The molecule has 2 aliphatic rings. The van der Waals surface area contributed by atoms with Crippen LogP contribution in [0.4, 0.5) is 5.95 Å². The summed E-state index contributed by atoms with van der Waals surface area (Å²) in [6, 6.07) is 1.75. The van der Waals surface area contributed by atoms with Gasteiger partial charge in [-0.25, -0.2) is 18.4 Å². The van der Waals surface area contributed by atoms with E-state index < -0.39 is 10.0 Å². The lowest BCUT2D eigenvalue weighted by atomic mass is 9.86. The molecule has 2 fully saturated rings. The Bertz CT molecular complexity index is 629. The zero-order valence-corrected chi connectivity index (χ0v) is 14.5. The summed E-state index contributed by atoms with van der Waals surface area (Å²) >= 11 is 0. The van der Waals surface area contributed by atoms with Crippen molar-refractivity contribution in [3.8, 4) is 0 Å². The molecule has 1 unspecified atom stereocenters. The van der Waals surface area contributed by atoms with E-state index in [0.29, 0.717) is 6.61 Å². The fourth-order valence-corrected chi connectivity index (χ4v) is 5.75. The highest BCUT2D eigenvalue weighted by atomic mass is 32.2. The smallest absolute Gasteiger partial charge is 0.225 e. The van der Waals surface area contributed by atoms with E-state index in [1.54, 1.807) is 29.9 Å². The minimum atomic E-state index is -3.26. The quantitative estimate of drug-likeness (QED) is 0.810. The Morgan fingerprint density at radius 1 is 1.26 bits per heavy atom. The molecular weight excluding hydrogens is 316 g/mol. The molecular formula is C15H24N4O3S. The number of methoxy groups -OCH3 is 1. The maximum absolute atomic E-state index is 12.4. The fraction of sp³-hybridized carbons (Fsp3) is 0.733. The van der Waals surface area contributed by atoms with E-state index in [9.17, 15) is 8.42 Å². The van der Waals surface area contributed by atoms with E-state index in [1.165, 1.54) is 6.26 Å². The molecule has 128 valence electrons. The van der Waals surface area contributed by atoms with Gasteiger partial charge in [-0.1, -0.05) is 0 Å². The van der Waals surface area contributed by atoms with Gasteiger partial charge in [-0.2, -0.15) is 4.31 Å². The summed E-state index contributed by atoms with van der Waals surface area (Å²) in [6.07, 6.45) is 8.16. The number of rotatable bonds is 4. The van der Waals surface area contributed by atoms with Gasteiger partial charge in [-0.05, 0) is 31.7 Å². The Labute approximate surface area is 137 Å². The van der Waals surface area contributed by atoms with Crippen LogP contribution in [0.1, 0.15) is 25.7 Å². The molecule has 0 aliphatic carbocycles. The summed E-state index contributed by atoms with van der Waals surface area (Å²) < 4.78 is 31.7. The Hall–Kier alpha value is -1.25.